The highest BCUT2D eigenvalue weighted by Gasteiger charge is 2.15. The topological polar surface area (TPSA) is 78.1 Å². The van der Waals surface area contributed by atoms with Gasteiger partial charge in [0.2, 0.25) is 0 Å². The average molecular weight is 529 g/mol. The van der Waals surface area contributed by atoms with Gasteiger partial charge < -0.3 is 17.2 Å². The summed E-state index contributed by atoms with van der Waals surface area (Å²) in [5.41, 5.74) is 24.1. The van der Waals surface area contributed by atoms with Gasteiger partial charge in [0.25, 0.3) is 0 Å². The molecule has 0 heterocycles. The number of hydrogen-bond acceptors (Lipinski definition) is 3. The molecule has 6 aromatic rings. The summed E-state index contributed by atoms with van der Waals surface area (Å²) in [4.78, 5) is 0. The monoisotopic (exact) mass is 527 g/mol. The zero-order valence-electron chi connectivity index (χ0n) is 18.9. The maximum absolute atomic E-state index is 7.02. The van der Waals surface area contributed by atoms with E-state index in [1.165, 1.54) is 0 Å². The van der Waals surface area contributed by atoms with Crippen LogP contribution < -0.4 is 17.2 Å². The fraction of sp³-hybridized carbons (Fsp3) is 0. The molecule has 0 saturated heterocycles. The Kier molecular flexibility index (Phi) is 5.38. The highest BCUT2D eigenvalue weighted by Crippen LogP contribution is 2.43. The van der Waals surface area contributed by atoms with Crippen LogP contribution in [-0.2, 0) is 0 Å². The van der Waals surface area contributed by atoms with E-state index in [1.807, 2.05) is 78.9 Å². The third kappa shape index (κ3) is 3.59. The standard InChI is InChI=1S/C30H20Cl3N3/c31-26-13-18(34)10-15-4-5-17(11-23(15)26)24-14-28(36)21-7-6-16(12-25(21)30(24)33)19-8-9-20-22(29(19)32)2-1-3-27(20)35/h1-14H,34-36H2. The van der Waals surface area contributed by atoms with Gasteiger partial charge in [-0.3, -0.25) is 0 Å². The van der Waals surface area contributed by atoms with Gasteiger partial charge in [-0.15, -0.1) is 0 Å². The summed E-state index contributed by atoms with van der Waals surface area (Å²) in [6, 6.07) is 27.3. The molecular formula is C30H20Cl3N3. The molecule has 0 spiro atoms. The van der Waals surface area contributed by atoms with Crippen molar-refractivity contribution in [2.24, 2.45) is 0 Å². The number of hydrogen-bond donors (Lipinski definition) is 3. The number of rotatable bonds is 2. The molecule has 6 aromatic carbocycles. The molecule has 3 nitrogen and oxygen atoms in total. The van der Waals surface area contributed by atoms with Crippen molar-refractivity contribution in [2.45, 2.75) is 0 Å². The van der Waals surface area contributed by atoms with E-state index in [0.717, 1.165) is 54.6 Å². The Balaban J connectivity index is 1.55. The Morgan fingerprint density at radius 3 is 1.97 bits per heavy atom. The molecule has 0 aliphatic carbocycles. The van der Waals surface area contributed by atoms with E-state index in [2.05, 4.69) is 0 Å². The number of anilines is 3. The Labute approximate surface area is 223 Å². The average Bonchev–Trinajstić information content (AvgIpc) is 2.86. The first-order valence-electron chi connectivity index (χ1n) is 11.3. The van der Waals surface area contributed by atoms with Crippen LogP contribution in [0.5, 0.6) is 0 Å². The molecule has 6 rings (SSSR count). The van der Waals surface area contributed by atoms with Crippen LogP contribution in [0.1, 0.15) is 0 Å². The van der Waals surface area contributed by atoms with Gasteiger partial charge in [-0.25, -0.2) is 0 Å². The summed E-state index contributed by atoms with van der Waals surface area (Å²) in [7, 11) is 0. The molecule has 0 fully saturated rings. The molecule has 0 aliphatic heterocycles. The van der Waals surface area contributed by atoms with Crippen molar-refractivity contribution in [3.63, 3.8) is 0 Å². The molecule has 0 radical (unpaired) electrons. The van der Waals surface area contributed by atoms with Crippen molar-refractivity contribution in [3.05, 3.63) is 100.0 Å². The van der Waals surface area contributed by atoms with E-state index in [1.54, 1.807) is 6.07 Å². The van der Waals surface area contributed by atoms with Gasteiger partial charge in [-0.1, -0.05) is 83.3 Å². The highest BCUT2D eigenvalue weighted by atomic mass is 35.5. The lowest BCUT2D eigenvalue weighted by atomic mass is 9.94. The SMILES string of the molecule is Nc1cc(Cl)c2cc(-c3cc(N)c4ccc(-c5ccc6c(N)cccc6c5Cl)cc4c3Cl)ccc2c1. The molecule has 6 N–H and O–H groups in total. The van der Waals surface area contributed by atoms with Crippen LogP contribution in [-0.4, -0.2) is 0 Å². The third-order valence-electron chi connectivity index (χ3n) is 6.68. The van der Waals surface area contributed by atoms with E-state index >= 15 is 0 Å². The lowest BCUT2D eigenvalue weighted by Crippen LogP contribution is -1.93. The van der Waals surface area contributed by atoms with Crippen LogP contribution in [0.15, 0.2) is 84.9 Å². The van der Waals surface area contributed by atoms with Gasteiger partial charge >= 0.3 is 0 Å². The summed E-state index contributed by atoms with van der Waals surface area (Å²) >= 11 is 20.4. The van der Waals surface area contributed by atoms with Crippen LogP contribution in [0.25, 0.3) is 54.6 Å². The predicted molar refractivity (Wildman–Crippen MR) is 158 cm³/mol. The van der Waals surface area contributed by atoms with Crippen molar-refractivity contribution in [2.75, 3.05) is 17.2 Å². The summed E-state index contributed by atoms with van der Waals surface area (Å²) < 4.78 is 0. The second-order valence-corrected chi connectivity index (χ2v) is 10.1. The lowest BCUT2D eigenvalue weighted by molar-refractivity contribution is 1.64. The highest BCUT2D eigenvalue weighted by molar-refractivity contribution is 6.40. The Morgan fingerprint density at radius 2 is 1.14 bits per heavy atom. The smallest absolute Gasteiger partial charge is 0.0564 e. The van der Waals surface area contributed by atoms with Crippen LogP contribution in [0, 0.1) is 0 Å². The maximum Gasteiger partial charge on any atom is 0.0564 e. The van der Waals surface area contributed by atoms with Crippen LogP contribution in [0.3, 0.4) is 0 Å². The molecule has 36 heavy (non-hydrogen) atoms. The first kappa shape index (κ1) is 22.8. The van der Waals surface area contributed by atoms with Crippen molar-refractivity contribution < 1.29 is 0 Å². The minimum Gasteiger partial charge on any atom is -0.399 e. The lowest BCUT2D eigenvalue weighted by Gasteiger charge is -2.15. The van der Waals surface area contributed by atoms with Gasteiger partial charge in [0.05, 0.1) is 15.1 Å². The minimum atomic E-state index is 0.589. The molecule has 0 aliphatic rings. The van der Waals surface area contributed by atoms with Crippen LogP contribution >= 0.6 is 34.8 Å². The molecule has 6 heteroatoms. The summed E-state index contributed by atoms with van der Waals surface area (Å²) in [5, 5.41) is 7.24. The van der Waals surface area contributed by atoms with Crippen molar-refractivity contribution >= 4 is 84.2 Å². The molecule has 0 saturated carbocycles. The van der Waals surface area contributed by atoms with Gasteiger partial charge in [0, 0.05) is 55.1 Å². The van der Waals surface area contributed by atoms with Gasteiger partial charge in [-0.2, -0.15) is 0 Å². The molecule has 0 aromatic heterocycles. The van der Waals surface area contributed by atoms with Gasteiger partial charge in [0.1, 0.15) is 0 Å². The summed E-state index contributed by atoms with van der Waals surface area (Å²) in [6.45, 7) is 0. The fourth-order valence-corrected chi connectivity index (χ4v) is 5.81. The molecular weight excluding hydrogens is 509 g/mol. The predicted octanol–water partition coefficient (Wildman–Crippen LogP) is 9.19. The maximum atomic E-state index is 7.02. The van der Waals surface area contributed by atoms with Crippen molar-refractivity contribution in [1.29, 1.82) is 0 Å². The Morgan fingerprint density at radius 1 is 0.472 bits per heavy atom. The molecule has 0 unspecified atom stereocenters. The number of halogens is 3. The zero-order chi connectivity index (χ0) is 25.1. The van der Waals surface area contributed by atoms with Crippen LogP contribution in [0.4, 0.5) is 17.1 Å². The zero-order valence-corrected chi connectivity index (χ0v) is 21.2. The Hall–Kier alpha value is -3.63. The van der Waals surface area contributed by atoms with Crippen LogP contribution in [0.2, 0.25) is 15.1 Å². The van der Waals surface area contributed by atoms with E-state index in [9.17, 15) is 0 Å². The minimum absolute atomic E-state index is 0.589. The summed E-state index contributed by atoms with van der Waals surface area (Å²) in [6.07, 6.45) is 0. The van der Waals surface area contributed by atoms with Crippen molar-refractivity contribution in [1.82, 2.24) is 0 Å². The van der Waals surface area contributed by atoms with E-state index < -0.39 is 0 Å². The number of nitrogen functional groups attached to an aromatic ring is 3. The third-order valence-corrected chi connectivity index (χ3v) is 7.81. The van der Waals surface area contributed by atoms with Gasteiger partial charge in [0.15, 0.2) is 0 Å². The quantitative estimate of drug-likeness (QED) is 0.196. The van der Waals surface area contributed by atoms with Gasteiger partial charge in [-0.05, 0) is 52.9 Å². The second kappa shape index (κ2) is 8.49. The second-order valence-electron chi connectivity index (χ2n) is 8.90. The number of fused-ring (bicyclic) bond motifs is 3. The van der Waals surface area contributed by atoms with E-state index in [4.69, 9.17) is 52.0 Å². The first-order chi connectivity index (χ1) is 17.3. The molecule has 0 bridgehead atoms. The molecule has 0 atom stereocenters. The van der Waals surface area contributed by atoms with E-state index in [-0.39, 0.29) is 0 Å². The Bertz CT molecular complexity index is 1860. The molecule has 176 valence electrons. The summed E-state index contributed by atoms with van der Waals surface area (Å²) in [5.74, 6) is 0. The number of benzene rings is 6. The van der Waals surface area contributed by atoms with Crippen molar-refractivity contribution in [3.8, 4) is 22.3 Å². The fourth-order valence-electron chi connectivity index (χ4n) is 4.87. The first-order valence-corrected chi connectivity index (χ1v) is 12.4. The number of nitrogens with two attached hydrogens (primary N) is 3. The van der Waals surface area contributed by atoms with E-state index in [0.29, 0.717) is 32.1 Å². The largest absolute Gasteiger partial charge is 0.399 e. The normalized spacial score (nSPS) is 11.5. The molecule has 0 amide bonds.